The monoisotopic (exact) mass is 265 g/mol. The Balaban J connectivity index is 2.32. The molecule has 1 heterocycles. The van der Waals surface area contributed by atoms with E-state index in [9.17, 15) is 4.39 Å². The van der Waals surface area contributed by atoms with Crippen LogP contribution in [-0.4, -0.2) is 23.8 Å². The summed E-state index contributed by atoms with van der Waals surface area (Å²) in [6.45, 7) is 2.45. The predicted octanol–water partition coefficient (Wildman–Crippen LogP) is 2.34. The van der Waals surface area contributed by atoms with Crippen molar-refractivity contribution >= 4 is 0 Å². The summed E-state index contributed by atoms with van der Waals surface area (Å²) in [6.07, 6.45) is 0.824. The molecule has 0 saturated heterocycles. The van der Waals surface area contributed by atoms with Gasteiger partial charge in [-0.2, -0.15) is 4.98 Å². The molecule has 1 atom stereocenters. The van der Waals surface area contributed by atoms with Crippen LogP contribution in [0.25, 0.3) is 11.4 Å². The second-order valence-electron chi connectivity index (χ2n) is 4.15. The topological polar surface area (TPSA) is 74.2 Å². The predicted molar refractivity (Wildman–Crippen MR) is 68.3 cm³/mol. The fraction of sp³-hybridized carbons (Fsp3) is 0.385. The van der Waals surface area contributed by atoms with Crippen LogP contribution in [0.1, 0.15) is 25.2 Å². The third-order valence-electron chi connectivity index (χ3n) is 2.98. The fourth-order valence-electron chi connectivity index (χ4n) is 1.76. The highest BCUT2D eigenvalue weighted by Gasteiger charge is 2.17. The van der Waals surface area contributed by atoms with E-state index < -0.39 is 5.82 Å². The van der Waals surface area contributed by atoms with Crippen molar-refractivity contribution in [1.29, 1.82) is 0 Å². The van der Waals surface area contributed by atoms with E-state index in [0.29, 0.717) is 23.8 Å². The van der Waals surface area contributed by atoms with Gasteiger partial charge >= 0.3 is 0 Å². The Hall–Kier alpha value is -1.95. The van der Waals surface area contributed by atoms with Crippen molar-refractivity contribution in [2.75, 3.05) is 13.7 Å². The molecule has 0 aliphatic rings. The number of halogens is 1. The highest BCUT2D eigenvalue weighted by Crippen LogP contribution is 2.26. The maximum Gasteiger partial charge on any atom is 0.231 e. The molecule has 1 aromatic carbocycles. The molecule has 5 nitrogen and oxygen atoms in total. The van der Waals surface area contributed by atoms with Crippen LogP contribution in [0.5, 0.6) is 5.75 Å². The van der Waals surface area contributed by atoms with Crippen molar-refractivity contribution in [3.05, 3.63) is 29.9 Å². The minimum absolute atomic E-state index is 0.0450. The second-order valence-corrected chi connectivity index (χ2v) is 4.15. The van der Waals surface area contributed by atoms with Gasteiger partial charge < -0.3 is 15.0 Å². The fourth-order valence-corrected chi connectivity index (χ4v) is 1.76. The molecule has 0 amide bonds. The summed E-state index contributed by atoms with van der Waals surface area (Å²) < 4.78 is 23.4. The molecule has 19 heavy (non-hydrogen) atoms. The zero-order valence-electron chi connectivity index (χ0n) is 10.9. The second kappa shape index (κ2) is 5.79. The van der Waals surface area contributed by atoms with Crippen LogP contribution in [0.3, 0.4) is 0 Å². The van der Waals surface area contributed by atoms with Crippen LogP contribution >= 0.6 is 0 Å². The summed E-state index contributed by atoms with van der Waals surface area (Å²) in [4.78, 5) is 4.29. The third kappa shape index (κ3) is 2.73. The summed E-state index contributed by atoms with van der Waals surface area (Å²) in [5, 5.41) is 3.89. The Morgan fingerprint density at radius 2 is 2.26 bits per heavy atom. The van der Waals surface area contributed by atoms with Crippen LogP contribution in [0.4, 0.5) is 4.39 Å². The molecule has 2 aromatic rings. The van der Waals surface area contributed by atoms with Gasteiger partial charge in [-0.1, -0.05) is 12.1 Å². The molecule has 102 valence electrons. The Morgan fingerprint density at radius 3 is 2.89 bits per heavy atom. The van der Waals surface area contributed by atoms with Gasteiger partial charge in [0, 0.05) is 12.1 Å². The molecule has 0 fully saturated rings. The molecule has 0 radical (unpaired) electrons. The third-order valence-corrected chi connectivity index (χ3v) is 2.98. The molecule has 0 saturated carbocycles. The smallest absolute Gasteiger partial charge is 0.231 e. The maximum atomic E-state index is 13.3. The number of hydrogen-bond donors (Lipinski definition) is 1. The lowest BCUT2D eigenvalue weighted by Gasteiger charge is -2.04. The van der Waals surface area contributed by atoms with Gasteiger partial charge in [0.2, 0.25) is 11.7 Å². The molecule has 0 aliphatic carbocycles. The lowest BCUT2D eigenvalue weighted by atomic mass is 10.1. The lowest BCUT2D eigenvalue weighted by molar-refractivity contribution is 0.351. The van der Waals surface area contributed by atoms with Crippen LogP contribution in [0, 0.1) is 5.82 Å². The first-order valence-corrected chi connectivity index (χ1v) is 6.07. The van der Waals surface area contributed by atoms with Gasteiger partial charge in [-0.3, -0.25) is 0 Å². The van der Waals surface area contributed by atoms with E-state index in [1.807, 2.05) is 6.92 Å². The van der Waals surface area contributed by atoms with Gasteiger partial charge in [-0.15, -0.1) is 0 Å². The Morgan fingerprint density at radius 1 is 1.47 bits per heavy atom. The number of rotatable bonds is 5. The van der Waals surface area contributed by atoms with Crippen molar-refractivity contribution < 1.29 is 13.7 Å². The van der Waals surface area contributed by atoms with E-state index in [1.54, 1.807) is 6.07 Å². The van der Waals surface area contributed by atoms with E-state index in [1.165, 1.54) is 19.2 Å². The summed E-state index contributed by atoms with van der Waals surface area (Å²) >= 11 is 0. The van der Waals surface area contributed by atoms with Crippen molar-refractivity contribution in [3.63, 3.8) is 0 Å². The normalized spacial score (nSPS) is 12.4. The molecule has 2 N–H and O–H groups in total. The van der Waals surface area contributed by atoms with Gasteiger partial charge in [0.15, 0.2) is 11.6 Å². The minimum atomic E-state index is -0.427. The number of methoxy groups -OCH3 is 1. The zero-order valence-corrected chi connectivity index (χ0v) is 10.9. The maximum absolute atomic E-state index is 13.3. The molecule has 1 unspecified atom stereocenters. The molecule has 0 bridgehead atoms. The van der Waals surface area contributed by atoms with E-state index in [4.69, 9.17) is 15.0 Å². The van der Waals surface area contributed by atoms with E-state index in [0.717, 1.165) is 6.42 Å². The number of benzene rings is 1. The van der Waals surface area contributed by atoms with Gasteiger partial charge in [0.25, 0.3) is 0 Å². The standard InChI is InChI=1S/C13H16FN3O2/c1-3-8(7-15)13-16-12(17-19-13)9-4-5-10(14)11(6-9)18-2/h4-6,8H,3,7,15H2,1-2H3. The average Bonchev–Trinajstić information content (AvgIpc) is 2.90. The first-order chi connectivity index (χ1) is 9.19. The number of hydrogen-bond acceptors (Lipinski definition) is 5. The van der Waals surface area contributed by atoms with E-state index in [-0.39, 0.29) is 11.7 Å². The van der Waals surface area contributed by atoms with E-state index in [2.05, 4.69) is 10.1 Å². The largest absolute Gasteiger partial charge is 0.494 e. The minimum Gasteiger partial charge on any atom is -0.494 e. The quantitative estimate of drug-likeness (QED) is 0.898. The molecule has 2 rings (SSSR count). The number of nitrogens with zero attached hydrogens (tertiary/aromatic N) is 2. The first kappa shape index (κ1) is 13.5. The lowest BCUT2D eigenvalue weighted by Crippen LogP contribution is -2.11. The van der Waals surface area contributed by atoms with Gasteiger partial charge in [0.05, 0.1) is 13.0 Å². The summed E-state index contributed by atoms with van der Waals surface area (Å²) in [7, 11) is 1.41. The Kier molecular flexibility index (Phi) is 4.11. The summed E-state index contributed by atoms with van der Waals surface area (Å²) in [5.41, 5.74) is 6.27. The Bertz CT molecular complexity index is 553. The SMILES string of the molecule is CCC(CN)c1nc(-c2ccc(F)c(OC)c2)no1. The molecule has 6 heteroatoms. The number of aromatic nitrogens is 2. The molecular weight excluding hydrogens is 249 g/mol. The molecule has 0 spiro atoms. The van der Waals surface area contributed by atoms with Crippen molar-refractivity contribution in [2.45, 2.75) is 19.3 Å². The number of ether oxygens (including phenoxy) is 1. The van der Waals surface area contributed by atoms with Crippen molar-refractivity contribution in [3.8, 4) is 17.1 Å². The van der Waals surface area contributed by atoms with Gasteiger partial charge in [0.1, 0.15) is 0 Å². The van der Waals surface area contributed by atoms with Crippen LogP contribution < -0.4 is 10.5 Å². The molecule has 1 aromatic heterocycles. The van der Waals surface area contributed by atoms with Gasteiger partial charge in [-0.25, -0.2) is 4.39 Å². The van der Waals surface area contributed by atoms with Crippen LogP contribution in [0.2, 0.25) is 0 Å². The molecule has 0 aliphatic heterocycles. The summed E-state index contributed by atoms with van der Waals surface area (Å²) in [6, 6.07) is 4.42. The summed E-state index contributed by atoms with van der Waals surface area (Å²) in [5.74, 6) is 0.671. The van der Waals surface area contributed by atoms with Crippen LogP contribution in [0.15, 0.2) is 22.7 Å². The first-order valence-electron chi connectivity index (χ1n) is 6.07. The van der Waals surface area contributed by atoms with Crippen molar-refractivity contribution in [1.82, 2.24) is 10.1 Å². The zero-order chi connectivity index (χ0) is 13.8. The highest BCUT2D eigenvalue weighted by molar-refractivity contribution is 5.57. The van der Waals surface area contributed by atoms with Crippen LogP contribution in [-0.2, 0) is 0 Å². The van der Waals surface area contributed by atoms with Crippen molar-refractivity contribution in [2.24, 2.45) is 5.73 Å². The Labute approximate surface area is 110 Å². The highest BCUT2D eigenvalue weighted by atomic mass is 19.1. The average molecular weight is 265 g/mol. The van der Waals surface area contributed by atoms with Gasteiger partial charge in [-0.05, 0) is 24.6 Å². The number of nitrogens with two attached hydrogens (primary N) is 1. The molecular formula is C13H16FN3O2. The van der Waals surface area contributed by atoms with E-state index >= 15 is 0 Å².